The highest BCUT2D eigenvalue weighted by molar-refractivity contribution is 5.78. The first-order chi connectivity index (χ1) is 12.2. The van der Waals surface area contributed by atoms with E-state index < -0.39 is 0 Å². The number of nitroso groups, excluding NO2 is 1. The van der Waals surface area contributed by atoms with Crippen LogP contribution < -0.4 is 11.5 Å². The number of fused-ring (bicyclic) bond motifs is 2. The van der Waals surface area contributed by atoms with Crippen LogP contribution in [0.3, 0.4) is 0 Å². The number of rotatable bonds is 2. The smallest absolute Gasteiger partial charge is 0.136 e. The van der Waals surface area contributed by atoms with Crippen LogP contribution in [-0.4, -0.2) is 19.9 Å². The number of nitrogens with zero attached hydrogens (tertiary/aromatic N) is 8. The van der Waals surface area contributed by atoms with E-state index >= 15 is 0 Å². The molecular formula is C14H12N10O. The predicted octanol–water partition coefficient (Wildman–Crippen LogP) is 1.99. The van der Waals surface area contributed by atoms with Gasteiger partial charge in [0.25, 0.3) is 0 Å². The Bertz CT molecular complexity index is 958. The van der Waals surface area contributed by atoms with E-state index in [2.05, 4.69) is 35.1 Å². The molecule has 0 aromatic carbocycles. The Morgan fingerprint density at radius 3 is 1.96 bits per heavy atom. The van der Waals surface area contributed by atoms with Crippen molar-refractivity contribution in [1.82, 2.24) is 19.9 Å². The summed E-state index contributed by atoms with van der Waals surface area (Å²) in [6.45, 7) is 0. The minimum atomic E-state index is 0.323. The molecule has 0 fully saturated rings. The van der Waals surface area contributed by atoms with Gasteiger partial charge in [-0.05, 0) is 16.8 Å². The van der Waals surface area contributed by atoms with Crippen LogP contribution in [0.15, 0.2) is 35.1 Å². The van der Waals surface area contributed by atoms with Crippen molar-refractivity contribution in [2.24, 2.45) is 10.3 Å². The van der Waals surface area contributed by atoms with Crippen LogP contribution in [0.25, 0.3) is 21.8 Å². The summed E-state index contributed by atoms with van der Waals surface area (Å²) < 4.78 is 0. The number of allylic oxidation sites excluding steroid dienone is 2. The Hall–Kier alpha value is -3.85. The highest BCUT2D eigenvalue weighted by atomic mass is 16.3. The molecule has 0 atom stereocenters. The number of anilines is 2. The van der Waals surface area contributed by atoms with Gasteiger partial charge in [-0.3, -0.25) is 0 Å². The number of azide groups is 1. The molecule has 0 saturated heterocycles. The topological polar surface area (TPSA) is 182 Å². The van der Waals surface area contributed by atoms with Gasteiger partial charge in [-0.1, -0.05) is 11.2 Å². The highest BCUT2D eigenvalue weighted by Gasteiger charge is 2.19. The predicted molar refractivity (Wildman–Crippen MR) is 91.2 cm³/mol. The van der Waals surface area contributed by atoms with Gasteiger partial charge in [0.2, 0.25) is 0 Å². The molecule has 0 radical (unpaired) electrons. The molecule has 0 aliphatic heterocycles. The van der Waals surface area contributed by atoms with Gasteiger partial charge in [0.05, 0.1) is 17.0 Å². The van der Waals surface area contributed by atoms with E-state index in [0.717, 1.165) is 11.4 Å². The number of nitrogen functional groups attached to an aromatic ring is 2. The van der Waals surface area contributed by atoms with Crippen molar-refractivity contribution in [3.8, 4) is 0 Å². The van der Waals surface area contributed by atoms with Gasteiger partial charge in [0.15, 0.2) is 0 Å². The van der Waals surface area contributed by atoms with E-state index in [1.54, 1.807) is 12.2 Å². The van der Waals surface area contributed by atoms with Crippen molar-refractivity contribution >= 4 is 23.0 Å². The first-order valence-corrected chi connectivity index (χ1v) is 7.14. The van der Waals surface area contributed by atoms with E-state index in [1.807, 2.05) is 0 Å². The molecule has 0 bridgehead atoms. The fourth-order valence-electron chi connectivity index (χ4n) is 2.56. The Balaban J connectivity index is 0.000000146. The highest BCUT2D eigenvalue weighted by Crippen LogP contribution is 2.30. The molecule has 2 aromatic rings. The minimum Gasteiger partial charge on any atom is -0.383 e. The summed E-state index contributed by atoms with van der Waals surface area (Å²) in [6, 6.07) is 0. The first kappa shape index (κ1) is 16.0. The van der Waals surface area contributed by atoms with Gasteiger partial charge >= 0.3 is 0 Å². The summed E-state index contributed by atoms with van der Waals surface area (Å²) in [6.07, 6.45) is 7.54. The molecule has 0 amide bonds. The van der Waals surface area contributed by atoms with Gasteiger partial charge in [0.1, 0.15) is 30.0 Å². The fourth-order valence-corrected chi connectivity index (χ4v) is 2.56. The maximum absolute atomic E-state index is 10.3. The molecule has 0 spiro atoms. The quantitative estimate of drug-likeness (QED) is 0.363. The van der Waals surface area contributed by atoms with Crippen LogP contribution in [0.5, 0.6) is 0 Å². The maximum Gasteiger partial charge on any atom is 0.136 e. The zero-order chi connectivity index (χ0) is 17.8. The number of hydrogen-bond donors (Lipinski definition) is 2. The third kappa shape index (κ3) is 2.99. The number of hydrogen-bond acceptors (Lipinski definition) is 9. The normalized spacial score (nSPS) is 13.4. The van der Waals surface area contributed by atoms with Crippen LogP contribution in [0.4, 0.5) is 11.6 Å². The first-order valence-electron chi connectivity index (χ1n) is 7.14. The molecule has 11 nitrogen and oxygen atoms in total. The van der Waals surface area contributed by atoms with Gasteiger partial charge in [-0.25, -0.2) is 19.9 Å². The molecule has 0 saturated carbocycles. The van der Waals surface area contributed by atoms with Crippen molar-refractivity contribution in [2.75, 3.05) is 11.5 Å². The second-order valence-corrected chi connectivity index (χ2v) is 5.03. The largest absolute Gasteiger partial charge is 0.383 e. The van der Waals surface area contributed by atoms with Crippen molar-refractivity contribution in [1.29, 1.82) is 0 Å². The number of nitrogens with two attached hydrogens (primary N) is 2. The van der Waals surface area contributed by atoms with Crippen LogP contribution in [0, 0.1) is 4.91 Å². The molecule has 124 valence electrons. The van der Waals surface area contributed by atoms with Crippen molar-refractivity contribution < 1.29 is 0 Å². The minimum absolute atomic E-state index is 0.323. The summed E-state index contributed by atoms with van der Waals surface area (Å²) in [5, 5.41) is 6.35. The lowest BCUT2D eigenvalue weighted by Crippen LogP contribution is -1.99. The van der Waals surface area contributed by atoms with Crippen LogP contribution >= 0.6 is 0 Å². The monoisotopic (exact) mass is 336 g/mol. The van der Waals surface area contributed by atoms with Crippen LogP contribution in [-0.2, 0) is 12.8 Å². The lowest BCUT2D eigenvalue weighted by molar-refractivity contribution is 1.07. The van der Waals surface area contributed by atoms with E-state index in [9.17, 15) is 4.91 Å². The molecule has 4 N–H and O–H groups in total. The Kier molecular flexibility index (Phi) is 4.31. The standard InChI is InChI=1S/C7H6N6.C7H6N4O/c8-7-6-4(10-3-11-7)1-2-5(6)12-13-9;8-7-6-4(9-3-10-7)1-2-5(6)11-12/h2-3H,1H2,(H2,8,10,11);2-3H,1H2,(H2,8,9,10). The molecular weight excluding hydrogens is 324 g/mol. The summed E-state index contributed by atoms with van der Waals surface area (Å²) in [4.78, 5) is 28.6. The van der Waals surface area contributed by atoms with Crippen molar-refractivity contribution in [3.63, 3.8) is 0 Å². The molecule has 2 aliphatic rings. The van der Waals surface area contributed by atoms with E-state index in [0.29, 0.717) is 47.0 Å². The SMILES string of the molecule is Nc1ncnc2c1C(N=O)=CC2.[N-]=[N+]=NC1=CCc2ncnc(N)c21. The lowest BCUT2D eigenvalue weighted by Gasteiger charge is -2.01. The van der Waals surface area contributed by atoms with Gasteiger partial charge in [-0.15, -0.1) is 4.91 Å². The Morgan fingerprint density at radius 2 is 1.44 bits per heavy atom. The average molecular weight is 336 g/mol. The molecule has 11 heteroatoms. The number of aromatic nitrogens is 4. The van der Waals surface area contributed by atoms with E-state index in [1.165, 1.54) is 12.7 Å². The summed E-state index contributed by atoms with van der Waals surface area (Å²) in [5.41, 5.74) is 23.2. The molecule has 2 aromatic heterocycles. The van der Waals surface area contributed by atoms with Crippen molar-refractivity contribution in [3.05, 3.63) is 62.7 Å². The zero-order valence-corrected chi connectivity index (χ0v) is 12.9. The third-order valence-corrected chi connectivity index (χ3v) is 3.65. The second-order valence-electron chi connectivity index (χ2n) is 5.03. The van der Waals surface area contributed by atoms with Crippen LogP contribution in [0.1, 0.15) is 22.5 Å². The second kappa shape index (κ2) is 6.72. The lowest BCUT2D eigenvalue weighted by atomic mass is 10.2. The summed E-state index contributed by atoms with van der Waals surface area (Å²) in [5.74, 6) is 0.685. The van der Waals surface area contributed by atoms with Crippen LogP contribution in [0.2, 0.25) is 0 Å². The van der Waals surface area contributed by atoms with Gasteiger partial charge in [0, 0.05) is 29.0 Å². The summed E-state index contributed by atoms with van der Waals surface area (Å²) >= 11 is 0. The Morgan fingerprint density at radius 1 is 0.920 bits per heavy atom. The molecule has 0 unspecified atom stereocenters. The van der Waals surface area contributed by atoms with E-state index in [-0.39, 0.29) is 0 Å². The molecule has 2 aliphatic carbocycles. The summed E-state index contributed by atoms with van der Waals surface area (Å²) in [7, 11) is 0. The average Bonchev–Trinajstić information content (AvgIpc) is 3.22. The third-order valence-electron chi connectivity index (χ3n) is 3.65. The van der Waals surface area contributed by atoms with Gasteiger partial charge in [-0.2, -0.15) is 0 Å². The van der Waals surface area contributed by atoms with E-state index in [4.69, 9.17) is 17.0 Å². The fraction of sp³-hybridized carbons (Fsp3) is 0.143. The molecule has 2 heterocycles. The maximum atomic E-state index is 10.3. The zero-order valence-electron chi connectivity index (χ0n) is 12.9. The van der Waals surface area contributed by atoms with Crippen molar-refractivity contribution in [2.45, 2.75) is 12.8 Å². The Labute approximate surface area is 141 Å². The molecule has 25 heavy (non-hydrogen) atoms. The van der Waals surface area contributed by atoms with Gasteiger partial charge < -0.3 is 11.5 Å². The molecule has 4 rings (SSSR count).